The highest BCUT2D eigenvalue weighted by atomic mass is 32.1. The Labute approximate surface area is 99.1 Å². The molecule has 0 radical (unpaired) electrons. The van der Waals surface area contributed by atoms with Gasteiger partial charge >= 0.3 is 6.18 Å². The van der Waals surface area contributed by atoms with Crippen molar-refractivity contribution in [2.75, 3.05) is 11.9 Å². The molecule has 0 unspecified atom stereocenters. The molecule has 0 aromatic carbocycles. The average Bonchev–Trinajstić information content (AvgIpc) is 2.86. The van der Waals surface area contributed by atoms with Gasteiger partial charge in [-0.25, -0.2) is 9.97 Å². The molecule has 0 aliphatic carbocycles. The Bertz CT molecular complexity index is 463. The summed E-state index contributed by atoms with van der Waals surface area (Å²) in [5, 5.41) is 4.11. The maximum atomic E-state index is 12.3. The second-order valence-corrected chi connectivity index (χ2v) is 4.12. The number of imidazole rings is 1. The number of halogens is 3. The molecule has 0 bridgehead atoms. The highest BCUT2D eigenvalue weighted by Gasteiger charge is 2.33. The van der Waals surface area contributed by atoms with Gasteiger partial charge < -0.3 is 9.88 Å². The van der Waals surface area contributed by atoms with E-state index in [0.29, 0.717) is 13.1 Å². The van der Waals surface area contributed by atoms with Crippen molar-refractivity contribution in [3.05, 3.63) is 29.8 Å². The predicted molar refractivity (Wildman–Crippen MR) is 57.8 cm³/mol. The van der Waals surface area contributed by atoms with Crippen LogP contribution in [0.2, 0.25) is 0 Å². The van der Waals surface area contributed by atoms with E-state index in [-0.39, 0.29) is 5.13 Å². The zero-order valence-corrected chi connectivity index (χ0v) is 9.42. The molecule has 0 saturated heterocycles. The van der Waals surface area contributed by atoms with E-state index in [1.165, 1.54) is 0 Å². The topological polar surface area (TPSA) is 42.7 Å². The first kappa shape index (κ1) is 11.9. The van der Waals surface area contributed by atoms with Crippen LogP contribution in [0.4, 0.5) is 18.3 Å². The van der Waals surface area contributed by atoms with Crippen molar-refractivity contribution in [1.82, 2.24) is 14.5 Å². The largest absolute Gasteiger partial charge is 0.434 e. The van der Waals surface area contributed by atoms with Crippen molar-refractivity contribution in [2.24, 2.45) is 0 Å². The smallest absolute Gasteiger partial charge is 0.360 e. The Balaban J connectivity index is 1.85. The standard InChI is InChI=1S/C9H9F3N4S/c10-9(11,12)7-5-17-8(15-7)14-2-4-16-3-1-13-6-16/h1,3,5-6H,2,4H2,(H,14,15). The lowest BCUT2D eigenvalue weighted by Gasteiger charge is -2.03. The molecular formula is C9H9F3N4S. The minimum Gasteiger partial charge on any atom is -0.360 e. The van der Waals surface area contributed by atoms with Gasteiger partial charge in [-0.15, -0.1) is 11.3 Å². The van der Waals surface area contributed by atoms with Crippen LogP contribution < -0.4 is 5.32 Å². The number of nitrogens with zero attached hydrogens (tertiary/aromatic N) is 3. The third-order valence-electron chi connectivity index (χ3n) is 2.00. The fraction of sp³-hybridized carbons (Fsp3) is 0.333. The van der Waals surface area contributed by atoms with Gasteiger partial charge in [0.05, 0.1) is 6.33 Å². The number of anilines is 1. The SMILES string of the molecule is FC(F)(F)c1csc(NCCn2ccnc2)n1. The van der Waals surface area contributed by atoms with E-state index < -0.39 is 11.9 Å². The van der Waals surface area contributed by atoms with E-state index in [1.807, 2.05) is 4.57 Å². The van der Waals surface area contributed by atoms with Gasteiger partial charge in [0.25, 0.3) is 0 Å². The van der Waals surface area contributed by atoms with Gasteiger partial charge in [0.15, 0.2) is 10.8 Å². The minimum absolute atomic E-state index is 0.275. The number of thiazole rings is 1. The van der Waals surface area contributed by atoms with Gasteiger partial charge in [0.1, 0.15) is 0 Å². The lowest BCUT2D eigenvalue weighted by molar-refractivity contribution is -0.140. The molecule has 4 nitrogen and oxygen atoms in total. The van der Waals surface area contributed by atoms with Crippen LogP contribution >= 0.6 is 11.3 Å². The number of hydrogen-bond acceptors (Lipinski definition) is 4. The molecule has 0 aliphatic heterocycles. The van der Waals surface area contributed by atoms with Crippen molar-refractivity contribution in [3.8, 4) is 0 Å². The van der Waals surface area contributed by atoms with Gasteiger partial charge in [-0.3, -0.25) is 0 Å². The van der Waals surface area contributed by atoms with Crippen molar-refractivity contribution < 1.29 is 13.2 Å². The van der Waals surface area contributed by atoms with E-state index in [1.54, 1.807) is 18.7 Å². The number of aromatic nitrogens is 3. The molecule has 2 aromatic heterocycles. The number of rotatable bonds is 4. The number of nitrogens with one attached hydrogen (secondary N) is 1. The van der Waals surface area contributed by atoms with Crippen LogP contribution in [0.5, 0.6) is 0 Å². The third kappa shape index (κ3) is 3.19. The van der Waals surface area contributed by atoms with Gasteiger partial charge in [-0.05, 0) is 0 Å². The third-order valence-corrected chi connectivity index (χ3v) is 2.80. The quantitative estimate of drug-likeness (QED) is 0.920. The van der Waals surface area contributed by atoms with Crippen LogP contribution in [0, 0.1) is 0 Å². The van der Waals surface area contributed by atoms with Crippen molar-refractivity contribution in [3.63, 3.8) is 0 Å². The molecule has 0 aliphatic rings. The van der Waals surface area contributed by atoms with Gasteiger partial charge in [0, 0.05) is 30.9 Å². The summed E-state index contributed by atoms with van der Waals surface area (Å²) in [5.41, 5.74) is -0.854. The Kier molecular flexibility index (Phi) is 3.32. The van der Waals surface area contributed by atoms with Crippen LogP contribution in [0.25, 0.3) is 0 Å². The van der Waals surface area contributed by atoms with Crippen molar-refractivity contribution in [1.29, 1.82) is 0 Å². The van der Waals surface area contributed by atoms with E-state index >= 15 is 0 Å². The molecule has 0 fully saturated rings. The summed E-state index contributed by atoms with van der Waals surface area (Å²) in [6.45, 7) is 1.13. The van der Waals surface area contributed by atoms with Crippen LogP contribution in [0.3, 0.4) is 0 Å². The van der Waals surface area contributed by atoms with Crippen LogP contribution in [0.1, 0.15) is 5.69 Å². The van der Waals surface area contributed by atoms with E-state index in [0.717, 1.165) is 16.7 Å². The number of hydrogen-bond donors (Lipinski definition) is 1. The maximum absolute atomic E-state index is 12.3. The molecule has 2 heterocycles. The molecule has 0 spiro atoms. The zero-order valence-electron chi connectivity index (χ0n) is 8.61. The summed E-state index contributed by atoms with van der Waals surface area (Å²) in [6, 6.07) is 0. The average molecular weight is 262 g/mol. The Morgan fingerprint density at radius 3 is 2.82 bits per heavy atom. The molecule has 0 amide bonds. The monoisotopic (exact) mass is 262 g/mol. The summed E-state index contributed by atoms with van der Waals surface area (Å²) in [5.74, 6) is 0. The van der Waals surface area contributed by atoms with Gasteiger partial charge in [-0.2, -0.15) is 13.2 Å². The molecule has 8 heteroatoms. The molecule has 0 saturated carbocycles. The van der Waals surface area contributed by atoms with Crippen LogP contribution in [-0.2, 0) is 12.7 Å². The highest BCUT2D eigenvalue weighted by molar-refractivity contribution is 7.13. The Morgan fingerprint density at radius 2 is 2.24 bits per heavy atom. The van der Waals surface area contributed by atoms with Crippen molar-refractivity contribution in [2.45, 2.75) is 12.7 Å². The van der Waals surface area contributed by atoms with Gasteiger partial charge in [-0.1, -0.05) is 0 Å². The lowest BCUT2D eigenvalue weighted by atomic mass is 10.5. The summed E-state index contributed by atoms with van der Waals surface area (Å²) in [7, 11) is 0. The maximum Gasteiger partial charge on any atom is 0.434 e. The normalized spacial score (nSPS) is 11.7. The van der Waals surface area contributed by atoms with E-state index in [4.69, 9.17) is 0 Å². The minimum atomic E-state index is -4.37. The molecule has 17 heavy (non-hydrogen) atoms. The first-order chi connectivity index (χ1) is 8.05. The predicted octanol–water partition coefficient (Wildman–Crippen LogP) is 2.47. The fourth-order valence-corrected chi connectivity index (χ4v) is 1.94. The Hall–Kier alpha value is -1.57. The lowest BCUT2D eigenvalue weighted by Crippen LogP contribution is -2.10. The first-order valence-corrected chi connectivity index (χ1v) is 5.66. The number of alkyl halides is 3. The second kappa shape index (κ2) is 4.74. The van der Waals surface area contributed by atoms with Crippen LogP contribution in [0.15, 0.2) is 24.1 Å². The Morgan fingerprint density at radius 1 is 1.41 bits per heavy atom. The fourth-order valence-electron chi connectivity index (χ4n) is 1.20. The molecule has 0 atom stereocenters. The summed E-state index contributed by atoms with van der Waals surface area (Å²) in [4.78, 5) is 7.32. The van der Waals surface area contributed by atoms with Crippen LogP contribution in [-0.4, -0.2) is 21.1 Å². The van der Waals surface area contributed by atoms with Gasteiger partial charge in [0.2, 0.25) is 0 Å². The summed E-state index contributed by atoms with van der Waals surface area (Å²) >= 11 is 0.947. The second-order valence-electron chi connectivity index (χ2n) is 3.26. The highest BCUT2D eigenvalue weighted by Crippen LogP contribution is 2.31. The first-order valence-electron chi connectivity index (χ1n) is 4.78. The van der Waals surface area contributed by atoms with E-state index in [2.05, 4.69) is 15.3 Å². The molecule has 2 rings (SSSR count). The molecule has 92 valence electrons. The molecule has 2 aromatic rings. The zero-order chi connectivity index (χ0) is 12.3. The van der Waals surface area contributed by atoms with Crippen molar-refractivity contribution >= 4 is 16.5 Å². The molecular weight excluding hydrogens is 253 g/mol. The summed E-state index contributed by atoms with van der Waals surface area (Å²) in [6.07, 6.45) is 0.696. The molecule has 1 N–H and O–H groups in total. The summed E-state index contributed by atoms with van der Waals surface area (Å²) < 4.78 is 38.6. The van der Waals surface area contributed by atoms with E-state index in [9.17, 15) is 13.2 Å².